The fourth-order valence-electron chi connectivity index (χ4n) is 2.96. The molecular formula is C16H19N3O5S. The van der Waals surface area contributed by atoms with Crippen LogP contribution in [0.4, 0.5) is 0 Å². The van der Waals surface area contributed by atoms with Gasteiger partial charge < -0.3 is 14.2 Å². The van der Waals surface area contributed by atoms with Gasteiger partial charge in [-0.05, 0) is 12.1 Å². The zero-order valence-corrected chi connectivity index (χ0v) is 14.4. The minimum atomic E-state index is -3.62. The van der Waals surface area contributed by atoms with Crippen LogP contribution in [0.15, 0.2) is 29.3 Å². The van der Waals surface area contributed by atoms with Crippen molar-refractivity contribution in [3.8, 4) is 11.5 Å². The van der Waals surface area contributed by atoms with E-state index in [0.29, 0.717) is 44.5 Å². The third-order valence-corrected chi connectivity index (χ3v) is 5.67. The first-order valence-corrected chi connectivity index (χ1v) is 9.62. The largest absolute Gasteiger partial charge is 0.486 e. The maximum Gasteiger partial charge on any atom is 0.240 e. The summed E-state index contributed by atoms with van der Waals surface area (Å²) in [7, 11) is -3.62. The van der Waals surface area contributed by atoms with Gasteiger partial charge in [-0.2, -0.15) is 5.10 Å². The van der Waals surface area contributed by atoms with Gasteiger partial charge in [0.05, 0.1) is 30.9 Å². The molecule has 8 nitrogen and oxygen atoms in total. The lowest BCUT2D eigenvalue weighted by Gasteiger charge is -2.19. The van der Waals surface area contributed by atoms with Gasteiger partial charge in [0.2, 0.25) is 10.0 Å². The Morgan fingerprint density at radius 3 is 2.88 bits per heavy atom. The number of aromatic nitrogens is 2. The first-order valence-electron chi connectivity index (χ1n) is 8.14. The van der Waals surface area contributed by atoms with E-state index in [1.165, 1.54) is 12.1 Å². The number of hydrogen-bond donors (Lipinski definition) is 1. The highest BCUT2D eigenvalue weighted by Crippen LogP contribution is 2.32. The lowest BCUT2D eigenvalue weighted by atomic mass is 10.2. The second-order valence-corrected chi connectivity index (χ2v) is 7.61. The summed E-state index contributed by atoms with van der Waals surface area (Å²) in [4.78, 5) is 0.160. The van der Waals surface area contributed by atoms with Crippen molar-refractivity contribution in [2.45, 2.75) is 24.5 Å². The van der Waals surface area contributed by atoms with Crippen LogP contribution in [-0.4, -0.2) is 44.6 Å². The normalized spacial score (nSPS) is 16.5. The fraction of sp³-hybridized carbons (Fsp3) is 0.438. The number of hydrogen-bond acceptors (Lipinski definition) is 6. The molecule has 0 fully saturated rings. The summed E-state index contributed by atoms with van der Waals surface area (Å²) in [5.74, 6) is 1.02. The van der Waals surface area contributed by atoms with Gasteiger partial charge >= 0.3 is 0 Å². The Bertz CT molecular complexity index is 878. The Labute approximate surface area is 145 Å². The van der Waals surface area contributed by atoms with Gasteiger partial charge in [0.1, 0.15) is 13.2 Å². The Hall–Kier alpha value is -2.10. The summed E-state index contributed by atoms with van der Waals surface area (Å²) in [6, 6.07) is 4.62. The molecule has 134 valence electrons. The molecule has 1 N–H and O–H groups in total. The van der Waals surface area contributed by atoms with E-state index in [2.05, 4.69) is 9.82 Å². The first kappa shape index (κ1) is 16.4. The number of benzene rings is 1. The fourth-order valence-corrected chi connectivity index (χ4v) is 4.00. The lowest BCUT2D eigenvalue weighted by Crippen LogP contribution is -2.28. The maximum absolute atomic E-state index is 12.5. The standard InChI is InChI=1S/C16H19N3O5S/c20-25(21,13-1-2-15-16(9-13)24-8-7-23-15)18-4-5-19-14-3-6-22-11-12(14)10-17-19/h1-2,9-10,18H,3-8,11H2. The summed E-state index contributed by atoms with van der Waals surface area (Å²) in [6.07, 6.45) is 2.58. The van der Waals surface area contributed by atoms with Crippen molar-refractivity contribution in [3.05, 3.63) is 35.7 Å². The topological polar surface area (TPSA) is 91.7 Å². The molecule has 0 spiro atoms. The number of fused-ring (bicyclic) bond motifs is 2. The van der Waals surface area contributed by atoms with Gasteiger partial charge in [-0.25, -0.2) is 13.1 Å². The summed E-state index contributed by atoms with van der Waals surface area (Å²) < 4.78 is 45.6. The molecule has 0 saturated heterocycles. The van der Waals surface area contributed by atoms with E-state index in [-0.39, 0.29) is 11.4 Å². The Balaban J connectivity index is 1.42. The SMILES string of the molecule is O=S(=O)(NCCn1ncc2c1CCOC2)c1ccc2c(c1)OCCO2. The number of rotatable bonds is 5. The number of ether oxygens (including phenoxy) is 3. The Morgan fingerprint density at radius 1 is 1.16 bits per heavy atom. The predicted molar refractivity (Wildman–Crippen MR) is 88.2 cm³/mol. The van der Waals surface area contributed by atoms with Crippen molar-refractivity contribution in [2.75, 3.05) is 26.4 Å². The molecule has 9 heteroatoms. The van der Waals surface area contributed by atoms with Crippen LogP contribution in [-0.2, 0) is 34.3 Å². The third kappa shape index (κ3) is 3.35. The molecule has 0 amide bonds. The van der Waals surface area contributed by atoms with Gasteiger partial charge in [-0.1, -0.05) is 0 Å². The molecule has 2 aromatic rings. The molecule has 1 aromatic heterocycles. The van der Waals surface area contributed by atoms with E-state index in [9.17, 15) is 8.42 Å². The number of nitrogens with zero attached hydrogens (tertiary/aromatic N) is 2. The molecule has 0 bridgehead atoms. The quantitative estimate of drug-likeness (QED) is 0.839. The molecule has 0 unspecified atom stereocenters. The van der Waals surface area contributed by atoms with E-state index < -0.39 is 10.0 Å². The minimum Gasteiger partial charge on any atom is -0.486 e. The molecule has 2 aliphatic heterocycles. The molecule has 0 radical (unpaired) electrons. The van der Waals surface area contributed by atoms with Crippen molar-refractivity contribution in [1.29, 1.82) is 0 Å². The third-order valence-electron chi connectivity index (χ3n) is 4.22. The van der Waals surface area contributed by atoms with Crippen LogP contribution in [0.1, 0.15) is 11.3 Å². The maximum atomic E-state index is 12.5. The molecular weight excluding hydrogens is 346 g/mol. The summed E-state index contributed by atoms with van der Waals surface area (Å²) in [5, 5.41) is 4.31. The second-order valence-electron chi connectivity index (χ2n) is 5.85. The Morgan fingerprint density at radius 2 is 2.00 bits per heavy atom. The number of sulfonamides is 1. The molecule has 1 aromatic carbocycles. The van der Waals surface area contributed by atoms with Crippen LogP contribution in [0.3, 0.4) is 0 Å². The molecule has 2 aliphatic rings. The molecule has 0 atom stereocenters. The van der Waals surface area contributed by atoms with Crippen LogP contribution in [0.2, 0.25) is 0 Å². The lowest BCUT2D eigenvalue weighted by molar-refractivity contribution is 0.109. The van der Waals surface area contributed by atoms with E-state index in [1.54, 1.807) is 12.3 Å². The van der Waals surface area contributed by atoms with Crippen molar-refractivity contribution >= 4 is 10.0 Å². The predicted octanol–water partition coefficient (Wildman–Crippen LogP) is 0.705. The van der Waals surface area contributed by atoms with Crippen molar-refractivity contribution in [1.82, 2.24) is 14.5 Å². The molecule has 0 aliphatic carbocycles. The van der Waals surface area contributed by atoms with Gasteiger partial charge in [0.25, 0.3) is 0 Å². The summed E-state index contributed by atoms with van der Waals surface area (Å²) >= 11 is 0. The molecule has 25 heavy (non-hydrogen) atoms. The second kappa shape index (κ2) is 6.66. The Kier molecular flexibility index (Phi) is 4.36. The van der Waals surface area contributed by atoms with Crippen LogP contribution in [0, 0.1) is 0 Å². The molecule has 3 heterocycles. The smallest absolute Gasteiger partial charge is 0.240 e. The zero-order valence-electron chi connectivity index (χ0n) is 13.6. The van der Waals surface area contributed by atoms with Gasteiger partial charge in [0.15, 0.2) is 11.5 Å². The molecule has 4 rings (SSSR count). The van der Waals surface area contributed by atoms with Gasteiger partial charge in [-0.3, -0.25) is 4.68 Å². The van der Waals surface area contributed by atoms with E-state index in [0.717, 1.165) is 17.7 Å². The van der Waals surface area contributed by atoms with Crippen LogP contribution < -0.4 is 14.2 Å². The van der Waals surface area contributed by atoms with E-state index >= 15 is 0 Å². The average molecular weight is 365 g/mol. The van der Waals surface area contributed by atoms with Crippen LogP contribution in [0.5, 0.6) is 11.5 Å². The van der Waals surface area contributed by atoms with Gasteiger partial charge in [-0.15, -0.1) is 0 Å². The van der Waals surface area contributed by atoms with Crippen molar-refractivity contribution in [3.63, 3.8) is 0 Å². The molecule has 0 saturated carbocycles. The highest BCUT2D eigenvalue weighted by molar-refractivity contribution is 7.89. The van der Waals surface area contributed by atoms with Crippen LogP contribution in [0.25, 0.3) is 0 Å². The highest BCUT2D eigenvalue weighted by atomic mass is 32.2. The van der Waals surface area contributed by atoms with E-state index in [4.69, 9.17) is 14.2 Å². The van der Waals surface area contributed by atoms with Crippen molar-refractivity contribution in [2.24, 2.45) is 0 Å². The zero-order chi connectivity index (χ0) is 17.3. The summed E-state index contributed by atoms with van der Waals surface area (Å²) in [6.45, 7) is 2.85. The number of nitrogens with one attached hydrogen (secondary N) is 1. The van der Waals surface area contributed by atoms with Crippen LogP contribution >= 0.6 is 0 Å². The first-order chi connectivity index (χ1) is 12.1. The monoisotopic (exact) mass is 365 g/mol. The van der Waals surface area contributed by atoms with Gasteiger partial charge in [0, 0.05) is 30.3 Å². The van der Waals surface area contributed by atoms with Crippen molar-refractivity contribution < 1.29 is 22.6 Å². The highest BCUT2D eigenvalue weighted by Gasteiger charge is 2.20. The minimum absolute atomic E-state index is 0.160. The van der Waals surface area contributed by atoms with E-state index in [1.807, 2.05) is 4.68 Å². The average Bonchev–Trinajstić information content (AvgIpc) is 3.04. The summed E-state index contributed by atoms with van der Waals surface area (Å²) in [5.41, 5.74) is 2.19.